The van der Waals surface area contributed by atoms with Gasteiger partial charge in [0.25, 0.3) is 0 Å². The third kappa shape index (κ3) is 3.32. The Kier molecular flexibility index (Phi) is 5.02. The van der Waals surface area contributed by atoms with Gasteiger partial charge in [0.2, 0.25) is 5.91 Å². The van der Waals surface area contributed by atoms with Gasteiger partial charge < -0.3 is 15.5 Å². The number of carboxylic acid groups (broad SMARTS) is 1. The average Bonchev–Trinajstić information content (AvgIpc) is 2.86. The molecular weight excluding hydrogens is 258 g/mol. The van der Waals surface area contributed by atoms with Crippen LogP contribution in [0.2, 0.25) is 0 Å². The van der Waals surface area contributed by atoms with Crippen LogP contribution in [-0.2, 0) is 9.59 Å². The van der Waals surface area contributed by atoms with Crippen molar-refractivity contribution < 1.29 is 19.8 Å². The number of carboxylic acids is 1. The second-order valence-corrected chi connectivity index (χ2v) is 6.26. The van der Waals surface area contributed by atoms with Gasteiger partial charge in [0.1, 0.15) is 0 Å². The summed E-state index contributed by atoms with van der Waals surface area (Å²) in [5.41, 5.74) is 0. The summed E-state index contributed by atoms with van der Waals surface area (Å²) < 4.78 is 0. The molecule has 2 aliphatic carbocycles. The molecule has 114 valence electrons. The van der Waals surface area contributed by atoms with Gasteiger partial charge in [0.05, 0.1) is 24.0 Å². The van der Waals surface area contributed by atoms with E-state index in [-0.39, 0.29) is 11.9 Å². The molecule has 0 aromatic heterocycles. The maximum Gasteiger partial charge on any atom is 0.307 e. The summed E-state index contributed by atoms with van der Waals surface area (Å²) in [6, 6.07) is -0.202. The highest BCUT2D eigenvalue weighted by atomic mass is 16.4. The summed E-state index contributed by atoms with van der Waals surface area (Å²) >= 11 is 0. The van der Waals surface area contributed by atoms with E-state index in [0.717, 1.165) is 32.1 Å². The number of amides is 1. The van der Waals surface area contributed by atoms with Crippen LogP contribution in [-0.4, -0.2) is 34.2 Å². The minimum absolute atomic E-state index is 0.181. The molecule has 5 nitrogen and oxygen atoms in total. The Hall–Kier alpha value is -1.10. The monoisotopic (exact) mass is 283 g/mol. The molecule has 0 spiro atoms. The first-order valence-corrected chi connectivity index (χ1v) is 7.74. The van der Waals surface area contributed by atoms with Gasteiger partial charge in [-0.05, 0) is 31.6 Å². The minimum atomic E-state index is -0.870. The van der Waals surface area contributed by atoms with Gasteiger partial charge in [-0.2, -0.15) is 0 Å². The largest absolute Gasteiger partial charge is 0.481 e. The van der Waals surface area contributed by atoms with Crippen LogP contribution in [0.3, 0.4) is 0 Å². The van der Waals surface area contributed by atoms with E-state index in [1.54, 1.807) is 0 Å². The Morgan fingerprint density at radius 2 is 1.80 bits per heavy atom. The molecular formula is C15H25NO4. The molecule has 0 aromatic carbocycles. The quantitative estimate of drug-likeness (QED) is 0.730. The first-order chi connectivity index (χ1) is 9.52. The Morgan fingerprint density at radius 3 is 2.40 bits per heavy atom. The van der Waals surface area contributed by atoms with Gasteiger partial charge in [-0.25, -0.2) is 0 Å². The van der Waals surface area contributed by atoms with Crippen LogP contribution >= 0.6 is 0 Å². The molecule has 2 rings (SSSR count). The highest BCUT2D eigenvalue weighted by Crippen LogP contribution is 2.38. The predicted molar refractivity (Wildman–Crippen MR) is 74.0 cm³/mol. The van der Waals surface area contributed by atoms with Crippen LogP contribution in [0.25, 0.3) is 0 Å². The second-order valence-electron chi connectivity index (χ2n) is 6.26. The highest BCUT2D eigenvalue weighted by molar-refractivity contribution is 5.85. The van der Waals surface area contributed by atoms with E-state index < -0.39 is 23.9 Å². The lowest BCUT2D eigenvalue weighted by Crippen LogP contribution is -2.48. The van der Waals surface area contributed by atoms with Gasteiger partial charge >= 0.3 is 5.97 Å². The molecule has 1 amide bonds. The summed E-state index contributed by atoms with van der Waals surface area (Å²) in [4.78, 5) is 23.7. The van der Waals surface area contributed by atoms with Crippen molar-refractivity contribution in [2.45, 2.75) is 64.0 Å². The van der Waals surface area contributed by atoms with Crippen molar-refractivity contribution in [3.63, 3.8) is 0 Å². The fourth-order valence-corrected chi connectivity index (χ4v) is 3.61. The zero-order chi connectivity index (χ0) is 14.7. The maximum absolute atomic E-state index is 12.3. The van der Waals surface area contributed by atoms with E-state index in [2.05, 4.69) is 5.32 Å². The first-order valence-electron chi connectivity index (χ1n) is 7.74. The molecule has 3 N–H and O–H groups in total. The number of nitrogens with one attached hydrogen (secondary N) is 1. The molecule has 5 atom stereocenters. The Morgan fingerprint density at radius 1 is 1.15 bits per heavy atom. The van der Waals surface area contributed by atoms with Crippen LogP contribution in [0.1, 0.15) is 51.9 Å². The van der Waals surface area contributed by atoms with Crippen LogP contribution in [0, 0.1) is 17.8 Å². The lowest BCUT2D eigenvalue weighted by molar-refractivity contribution is -0.146. The molecule has 2 aliphatic rings. The summed E-state index contributed by atoms with van der Waals surface area (Å²) in [5.74, 6) is -1.74. The lowest BCUT2D eigenvalue weighted by atomic mass is 9.90. The lowest BCUT2D eigenvalue weighted by Gasteiger charge is -2.29. The molecule has 2 saturated carbocycles. The van der Waals surface area contributed by atoms with Crippen molar-refractivity contribution in [2.75, 3.05) is 0 Å². The van der Waals surface area contributed by atoms with E-state index in [0.29, 0.717) is 18.8 Å². The molecule has 20 heavy (non-hydrogen) atoms. The summed E-state index contributed by atoms with van der Waals surface area (Å²) in [6.07, 6.45) is 5.18. The minimum Gasteiger partial charge on any atom is -0.481 e. The van der Waals surface area contributed by atoms with E-state index in [1.807, 2.05) is 6.92 Å². The Labute approximate surface area is 119 Å². The standard InChI is InChI=1S/C15H25NO4/c1-2-9-7-10(11(8-9)15(19)20)14(18)16-12-5-3-4-6-13(12)17/h9-13,17H,2-8H2,1H3,(H,16,18)(H,19,20)/t9?,10?,11?,12-,13-/m0/s1. The van der Waals surface area contributed by atoms with Crippen molar-refractivity contribution in [1.29, 1.82) is 0 Å². The molecule has 0 radical (unpaired) electrons. The van der Waals surface area contributed by atoms with Crippen molar-refractivity contribution in [2.24, 2.45) is 17.8 Å². The van der Waals surface area contributed by atoms with Crippen LogP contribution in [0.4, 0.5) is 0 Å². The number of carbonyl (C=O) groups is 2. The smallest absolute Gasteiger partial charge is 0.307 e. The Balaban J connectivity index is 1.98. The summed E-state index contributed by atoms with van der Waals surface area (Å²) in [6.45, 7) is 2.04. The highest BCUT2D eigenvalue weighted by Gasteiger charge is 2.42. The molecule has 0 saturated heterocycles. The summed E-state index contributed by atoms with van der Waals surface area (Å²) in [5, 5.41) is 22.1. The zero-order valence-corrected chi connectivity index (χ0v) is 12.0. The molecule has 5 heteroatoms. The number of carbonyl (C=O) groups excluding carboxylic acids is 1. The molecule has 0 aliphatic heterocycles. The number of hydrogen-bond donors (Lipinski definition) is 3. The number of rotatable bonds is 4. The van der Waals surface area contributed by atoms with Crippen LogP contribution in [0.15, 0.2) is 0 Å². The molecule has 0 bridgehead atoms. The Bertz CT molecular complexity index is 371. The summed E-state index contributed by atoms with van der Waals surface area (Å²) in [7, 11) is 0. The number of hydrogen-bond acceptors (Lipinski definition) is 3. The fraction of sp³-hybridized carbons (Fsp3) is 0.867. The third-order valence-electron chi connectivity index (χ3n) is 4.95. The van der Waals surface area contributed by atoms with Crippen LogP contribution in [0.5, 0.6) is 0 Å². The maximum atomic E-state index is 12.3. The molecule has 2 fully saturated rings. The van der Waals surface area contributed by atoms with E-state index in [1.165, 1.54) is 0 Å². The number of aliphatic carboxylic acids is 1. The first kappa shape index (κ1) is 15.3. The molecule has 3 unspecified atom stereocenters. The van der Waals surface area contributed by atoms with Gasteiger partial charge in [-0.3, -0.25) is 9.59 Å². The van der Waals surface area contributed by atoms with Gasteiger partial charge in [-0.1, -0.05) is 26.2 Å². The van der Waals surface area contributed by atoms with Gasteiger partial charge in [0.15, 0.2) is 0 Å². The number of aliphatic hydroxyl groups excluding tert-OH is 1. The molecule has 0 aromatic rings. The molecule has 0 heterocycles. The average molecular weight is 283 g/mol. The van der Waals surface area contributed by atoms with Crippen molar-refractivity contribution >= 4 is 11.9 Å². The van der Waals surface area contributed by atoms with Crippen molar-refractivity contribution in [3.8, 4) is 0 Å². The predicted octanol–water partition coefficient (Wildman–Crippen LogP) is 1.54. The zero-order valence-electron chi connectivity index (χ0n) is 12.0. The normalized spacial score (nSPS) is 37.6. The second kappa shape index (κ2) is 6.57. The van der Waals surface area contributed by atoms with E-state index in [4.69, 9.17) is 0 Å². The van der Waals surface area contributed by atoms with Gasteiger partial charge in [0, 0.05) is 0 Å². The fourth-order valence-electron chi connectivity index (χ4n) is 3.61. The topological polar surface area (TPSA) is 86.6 Å². The van der Waals surface area contributed by atoms with Crippen molar-refractivity contribution in [3.05, 3.63) is 0 Å². The van der Waals surface area contributed by atoms with E-state index >= 15 is 0 Å². The van der Waals surface area contributed by atoms with Crippen molar-refractivity contribution in [1.82, 2.24) is 5.32 Å². The van der Waals surface area contributed by atoms with E-state index in [9.17, 15) is 19.8 Å². The third-order valence-corrected chi connectivity index (χ3v) is 4.95. The number of aliphatic hydroxyl groups is 1. The SMILES string of the molecule is CCC1CC(C(=O)O)C(C(=O)N[C@H]2CCCC[C@@H]2O)C1. The van der Waals surface area contributed by atoms with Crippen LogP contribution < -0.4 is 5.32 Å². The van der Waals surface area contributed by atoms with Gasteiger partial charge in [-0.15, -0.1) is 0 Å².